The van der Waals surface area contributed by atoms with Gasteiger partial charge in [-0.05, 0) is 123 Å². The van der Waals surface area contributed by atoms with Gasteiger partial charge in [0.2, 0.25) is 53.2 Å². The number of nitrogens with two attached hydrogens (primary N) is 1. The molecule has 4 aliphatic heterocycles. The Bertz CT molecular complexity index is 3820. The molecular formula is C67H80F2N12O12S2. The number of carboxylic acid groups (broad SMARTS) is 1. The molecule has 0 radical (unpaired) electrons. The number of aromatic amines is 2. The van der Waals surface area contributed by atoms with Crippen LogP contribution in [0.2, 0.25) is 0 Å². The lowest BCUT2D eigenvalue weighted by molar-refractivity contribution is -0.147. The van der Waals surface area contributed by atoms with E-state index in [0.717, 1.165) is 16.0 Å². The normalized spacial score (nSPS) is 24.9. The number of thioether (sulfide) groups is 2. The quantitative estimate of drug-likeness (QED) is 0.0870. The number of halogens is 2. The molecule has 2 bridgehead atoms. The number of carboxylic acids is 1. The van der Waals surface area contributed by atoms with Crippen molar-refractivity contribution in [2.24, 2.45) is 5.73 Å². The number of hydrogen-bond donors (Lipinski definition) is 11. The maximum Gasteiger partial charge on any atom is 0.303 e. The number of hydrogen-bond acceptors (Lipinski definition) is 14. The number of carbonyl (C=O) groups excluding carboxylic acids is 9. The highest BCUT2D eigenvalue weighted by molar-refractivity contribution is 7.98. The smallest absolute Gasteiger partial charge is 0.303 e. The summed E-state index contributed by atoms with van der Waals surface area (Å²) < 4.78 is 35.2. The van der Waals surface area contributed by atoms with Gasteiger partial charge in [-0.15, -0.1) is 0 Å². The van der Waals surface area contributed by atoms with Crippen LogP contribution in [0.1, 0.15) is 87.1 Å². The molecule has 506 valence electrons. The fourth-order valence-electron chi connectivity index (χ4n) is 12.1. The van der Waals surface area contributed by atoms with Crippen LogP contribution in [0.15, 0.2) is 97.3 Å². The van der Waals surface area contributed by atoms with Crippen molar-refractivity contribution >= 4 is 104 Å². The molecule has 2 fully saturated rings. The summed E-state index contributed by atoms with van der Waals surface area (Å²) in [7, 11) is 1.49. The van der Waals surface area contributed by atoms with Gasteiger partial charge in [0, 0.05) is 115 Å². The van der Waals surface area contributed by atoms with Crippen LogP contribution in [0.5, 0.6) is 5.75 Å². The van der Waals surface area contributed by atoms with E-state index in [1.165, 1.54) is 86.4 Å². The number of methoxy groups -OCH3 is 1. The lowest BCUT2D eigenvalue weighted by Crippen LogP contribution is -2.62. The van der Waals surface area contributed by atoms with E-state index in [2.05, 4.69) is 47.2 Å². The van der Waals surface area contributed by atoms with Crippen molar-refractivity contribution in [1.29, 1.82) is 0 Å². The second-order valence-electron chi connectivity index (χ2n) is 24.5. The molecule has 0 spiro atoms. The minimum atomic E-state index is -1.64. The Kier molecular flexibility index (Phi) is 23.6. The van der Waals surface area contributed by atoms with Crippen LogP contribution in [0, 0.1) is 11.6 Å². The van der Waals surface area contributed by atoms with Gasteiger partial charge in [0.05, 0.1) is 7.11 Å². The minimum absolute atomic E-state index is 0.0864. The maximum absolute atomic E-state index is 15.5. The van der Waals surface area contributed by atoms with Crippen LogP contribution in [0.3, 0.4) is 0 Å². The third kappa shape index (κ3) is 18.1. The number of aromatic nitrogens is 2. The lowest BCUT2D eigenvalue weighted by Gasteiger charge is -2.36. The monoisotopic (exact) mass is 1350 g/mol. The SMILES string of the molecule is COc1ccc(C[C@@H]2NC(=O)[C@H](CCC(=O)O)NC(=O)[C@@H]3C[C@H](N)CN3C(=O)[C@@H](Cc3c[nH]c4ccc(F)cc34)NC(=O)[C@H](Cc3c[nH]c4ccc(F)cc34)NC(=O)[C@@H](C)NC(=O)[C@H](C)NC(=O)CCSCc3ccc(cc3)CSCCNC(=O)[C@]3(C)CCCN3C2=O)cc1. The summed E-state index contributed by atoms with van der Waals surface area (Å²) in [5, 5.41) is 29.8. The molecule has 6 heterocycles. The molecule has 0 saturated carbocycles. The molecule has 4 aromatic carbocycles. The van der Waals surface area contributed by atoms with Crippen LogP contribution in [-0.4, -0.2) is 176 Å². The van der Waals surface area contributed by atoms with Crippen molar-refractivity contribution in [2.75, 3.05) is 38.2 Å². The summed E-state index contributed by atoms with van der Waals surface area (Å²) in [6, 6.07) is 11.7. The Balaban J connectivity index is 1.04. The highest BCUT2D eigenvalue weighted by Gasteiger charge is 2.48. The lowest BCUT2D eigenvalue weighted by atomic mass is 9.95. The molecule has 0 aliphatic carbocycles. The molecule has 2 aromatic heterocycles. The van der Waals surface area contributed by atoms with Gasteiger partial charge < -0.3 is 72.6 Å². The summed E-state index contributed by atoms with van der Waals surface area (Å²) in [6.07, 6.45) is 1.82. The molecule has 10 rings (SSSR count). The van der Waals surface area contributed by atoms with Gasteiger partial charge in [0.25, 0.3) is 0 Å². The highest BCUT2D eigenvalue weighted by atomic mass is 32.2. The predicted molar refractivity (Wildman–Crippen MR) is 354 cm³/mol. The van der Waals surface area contributed by atoms with Gasteiger partial charge in [0.1, 0.15) is 65.2 Å². The second-order valence-corrected chi connectivity index (χ2v) is 26.7. The summed E-state index contributed by atoms with van der Waals surface area (Å²) in [4.78, 5) is 151. The van der Waals surface area contributed by atoms with E-state index < -0.39 is 137 Å². The van der Waals surface area contributed by atoms with Crippen molar-refractivity contribution in [1.82, 2.24) is 57.0 Å². The van der Waals surface area contributed by atoms with E-state index in [-0.39, 0.29) is 51.7 Å². The van der Waals surface area contributed by atoms with Crippen molar-refractivity contribution in [3.05, 3.63) is 137 Å². The van der Waals surface area contributed by atoms with E-state index in [1.54, 1.807) is 43.0 Å². The van der Waals surface area contributed by atoms with Gasteiger partial charge >= 0.3 is 5.97 Å². The molecule has 2 saturated heterocycles. The van der Waals surface area contributed by atoms with Gasteiger partial charge in [-0.25, -0.2) is 8.78 Å². The van der Waals surface area contributed by atoms with E-state index >= 15 is 14.4 Å². The molecule has 95 heavy (non-hydrogen) atoms. The number of nitrogens with zero attached hydrogens (tertiary/aromatic N) is 2. The predicted octanol–water partition coefficient (Wildman–Crippen LogP) is 3.77. The zero-order chi connectivity index (χ0) is 68.1. The summed E-state index contributed by atoms with van der Waals surface area (Å²) >= 11 is 3.13. The third-order valence-corrected chi connectivity index (χ3v) is 19.5. The first-order chi connectivity index (χ1) is 45.5. The van der Waals surface area contributed by atoms with Gasteiger partial charge in [-0.1, -0.05) is 36.4 Å². The molecule has 12 N–H and O–H groups in total. The van der Waals surface area contributed by atoms with Crippen LogP contribution >= 0.6 is 23.5 Å². The third-order valence-electron chi connectivity index (χ3n) is 17.5. The van der Waals surface area contributed by atoms with Crippen molar-refractivity contribution in [2.45, 2.75) is 144 Å². The van der Waals surface area contributed by atoms with Crippen molar-refractivity contribution in [3.8, 4) is 5.75 Å². The Labute approximate surface area is 555 Å². The standard InChI is InChI=1S/C67H80F2N12O12S2/c1-37-59(85)75-38(2)60(86)77-53(27-42-32-72-50-16-12-44(68)29-48(42)50)62(88)79-55(28-43-33-73-51-17-13-45(69)30-49(43)51)64(90)80-34-46(70)31-56(80)63(89)76-52(18-19-58(83)84)61(87)78-54(26-39-10-14-47(93-4)15-11-39)65(91)81-23-5-21-67(81,3)66(92)71-22-25-95-36-41-8-6-40(7-9-41)35-94-24-20-57(82)74-37/h6-17,29-30,32-33,37-38,46,52-56,72-73H,5,18-28,31,34-36,70H2,1-4H3,(H,71,92)(H,74,82)(H,75,85)(H,76,89)(H,77,86)(H,78,87)(H,79,88)(H,83,84)/t37-,38+,46-,52-,53-,54-,55+,56-,67-/m0/s1. The first kappa shape index (κ1) is 70.3. The number of amides is 9. The van der Waals surface area contributed by atoms with Gasteiger partial charge in [-0.2, -0.15) is 23.5 Å². The van der Waals surface area contributed by atoms with Crippen LogP contribution < -0.4 is 47.7 Å². The van der Waals surface area contributed by atoms with Crippen LogP contribution in [-0.2, 0) is 78.7 Å². The van der Waals surface area contributed by atoms with E-state index in [4.69, 9.17) is 10.5 Å². The number of nitrogens with one attached hydrogen (secondary N) is 9. The zero-order valence-corrected chi connectivity index (χ0v) is 54.8. The van der Waals surface area contributed by atoms with Crippen molar-refractivity contribution < 1.29 is 66.6 Å². The Morgan fingerprint density at radius 2 is 1.21 bits per heavy atom. The number of fused-ring (bicyclic) bond motifs is 31. The highest BCUT2D eigenvalue weighted by Crippen LogP contribution is 2.32. The Hall–Kier alpha value is -9.02. The fraction of sp³-hybridized carbons (Fsp3) is 0.433. The number of carbonyl (C=O) groups is 10. The number of benzene rings is 4. The number of aliphatic carboxylic acids is 1. The maximum atomic E-state index is 15.5. The first-order valence-electron chi connectivity index (χ1n) is 31.5. The summed E-state index contributed by atoms with van der Waals surface area (Å²) in [6.45, 7) is 4.66. The average Bonchev–Trinajstić information content (AvgIpc) is 1.71. The van der Waals surface area contributed by atoms with Crippen molar-refractivity contribution in [3.63, 3.8) is 0 Å². The largest absolute Gasteiger partial charge is 0.497 e. The average molecular weight is 1350 g/mol. The van der Waals surface area contributed by atoms with Gasteiger partial charge in [0.15, 0.2) is 0 Å². The van der Waals surface area contributed by atoms with Crippen LogP contribution in [0.4, 0.5) is 8.78 Å². The topological polar surface area (TPSA) is 348 Å². The van der Waals surface area contributed by atoms with E-state index in [0.29, 0.717) is 80.1 Å². The van der Waals surface area contributed by atoms with Crippen LogP contribution in [0.25, 0.3) is 21.8 Å². The minimum Gasteiger partial charge on any atom is -0.497 e. The first-order valence-corrected chi connectivity index (χ1v) is 33.8. The number of rotatable bonds is 10. The second kappa shape index (κ2) is 31.9. The molecule has 9 amide bonds. The fourth-order valence-corrected chi connectivity index (χ4v) is 13.8. The summed E-state index contributed by atoms with van der Waals surface area (Å²) in [5.41, 5.74) is 9.55. The Morgan fingerprint density at radius 3 is 1.82 bits per heavy atom. The molecular weight excluding hydrogens is 1270 g/mol. The van der Waals surface area contributed by atoms with E-state index in [1.807, 2.05) is 24.3 Å². The van der Waals surface area contributed by atoms with Gasteiger partial charge in [-0.3, -0.25) is 47.9 Å². The molecule has 0 unspecified atom stereocenters. The number of ether oxygens (including phenoxy) is 1. The van der Waals surface area contributed by atoms with E-state index in [9.17, 15) is 47.4 Å². The molecule has 6 aromatic rings. The molecule has 9 atom stereocenters. The Morgan fingerprint density at radius 1 is 0.663 bits per heavy atom. The molecule has 24 nitrogen and oxygen atoms in total. The molecule has 28 heteroatoms. The zero-order valence-electron chi connectivity index (χ0n) is 53.2. The number of H-pyrrole nitrogens is 2. The summed E-state index contributed by atoms with van der Waals surface area (Å²) in [5.74, 6) is -6.49. The molecule has 4 aliphatic rings.